The molecule has 1 aromatic rings. The van der Waals surface area contributed by atoms with Crippen LogP contribution in [-0.4, -0.2) is 42.0 Å². The molecule has 1 aliphatic rings. The summed E-state index contributed by atoms with van der Waals surface area (Å²) in [7, 11) is -3.65. The van der Waals surface area contributed by atoms with E-state index in [1.165, 1.54) is 16.7 Å². The molecule has 1 atom stereocenters. The molecule has 1 aromatic heterocycles. The number of hydrogen-bond acceptors (Lipinski definition) is 4. The van der Waals surface area contributed by atoms with E-state index in [0.29, 0.717) is 23.1 Å². The van der Waals surface area contributed by atoms with Crippen molar-refractivity contribution < 1.29 is 13.5 Å². The Morgan fingerprint density at radius 1 is 1.53 bits per heavy atom. The number of anilines is 1. The first-order chi connectivity index (χ1) is 9.04. The number of aliphatic hydroxyl groups is 1. The van der Waals surface area contributed by atoms with Crippen LogP contribution in [0.15, 0.2) is 22.9 Å². The second-order valence-electron chi connectivity index (χ2n) is 4.41. The molecule has 2 N–H and O–H groups in total. The molecule has 2 rings (SSSR count). The van der Waals surface area contributed by atoms with Gasteiger partial charge in [-0.1, -0.05) is 6.42 Å². The van der Waals surface area contributed by atoms with Gasteiger partial charge in [-0.25, -0.2) is 0 Å². The Morgan fingerprint density at radius 2 is 2.32 bits per heavy atom. The summed E-state index contributed by atoms with van der Waals surface area (Å²) in [6.07, 6.45) is 5.49. The van der Waals surface area contributed by atoms with Gasteiger partial charge < -0.3 is 5.11 Å². The van der Waals surface area contributed by atoms with Crippen molar-refractivity contribution >= 4 is 31.8 Å². The SMILES string of the molecule is O=S(=O)(Nc1ccncc1Br)N1CCCCC1CO. The van der Waals surface area contributed by atoms with Gasteiger partial charge in [-0.15, -0.1) is 0 Å². The predicted molar refractivity (Wildman–Crippen MR) is 75.9 cm³/mol. The van der Waals surface area contributed by atoms with E-state index in [9.17, 15) is 13.5 Å². The Labute approximate surface area is 121 Å². The van der Waals surface area contributed by atoms with Crippen molar-refractivity contribution in [1.82, 2.24) is 9.29 Å². The Kier molecular flexibility index (Phi) is 4.77. The van der Waals surface area contributed by atoms with Gasteiger partial charge in [-0.2, -0.15) is 12.7 Å². The number of hydrogen-bond donors (Lipinski definition) is 2. The van der Waals surface area contributed by atoms with Gasteiger partial charge in [-0.05, 0) is 34.8 Å². The van der Waals surface area contributed by atoms with Gasteiger partial charge in [0.25, 0.3) is 0 Å². The zero-order valence-electron chi connectivity index (χ0n) is 10.3. The highest BCUT2D eigenvalue weighted by Crippen LogP contribution is 2.25. The van der Waals surface area contributed by atoms with Crippen molar-refractivity contribution in [3.05, 3.63) is 22.9 Å². The fraction of sp³-hybridized carbons (Fsp3) is 0.545. The number of nitrogens with zero attached hydrogens (tertiary/aromatic N) is 2. The van der Waals surface area contributed by atoms with Crippen LogP contribution in [0, 0.1) is 0 Å². The van der Waals surface area contributed by atoms with Crippen molar-refractivity contribution in [3.63, 3.8) is 0 Å². The lowest BCUT2D eigenvalue weighted by Gasteiger charge is -2.33. The standard InChI is InChI=1S/C11H16BrN3O3S/c12-10-7-13-5-4-11(10)14-19(17,18)15-6-2-1-3-9(15)8-16/h4-5,7,9,16H,1-3,6,8H2,(H,13,14). The van der Waals surface area contributed by atoms with Crippen molar-refractivity contribution in [2.75, 3.05) is 17.9 Å². The van der Waals surface area contributed by atoms with E-state index in [1.54, 1.807) is 6.07 Å². The molecular formula is C11H16BrN3O3S. The summed E-state index contributed by atoms with van der Waals surface area (Å²) in [5.74, 6) is 0. The first-order valence-corrected chi connectivity index (χ1v) is 8.28. The van der Waals surface area contributed by atoms with Gasteiger partial charge in [-0.3, -0.25) is 9.71 Å². The van der Waals surface area contributed by atoms with Gasteiger partial charge in [0.15, 0.2) is 0 Å². The lowest BCUT2D eigenvalue weighted by atomic mass is 10.1. The highest BCUT2D eigenvalue weighted by molar-refractivity contribution is 9.10. The largest absolute Gasteiger partial charge is 0.395 e. The summed E-state index contributed by atoms with van der Waals surface area (Å²) in [4.78, 5) is 3.88. The third kappa shape index (κ3) is 3.44. The van der Waals surface area contributed by atoms with Gasteiger partial charge in [0.2, 0.25) is 0 Å². The lowest BCUT2D eigenvalue weighted by molar-refractivity contribution is 0.156. The summed E-state index contributed by atoms with van der Waals surface area (Å²) >= 11 is 3.25. The molecule has 0 radical (unpaired) electrons. The smallest absolute Gasteiger partial charge is 0.302 e. The minimum atomic E-state index is -3.65. The Balaban J connectivity index is 2.20. The Hall–Kier alpha value is -0.700. The maximum atomic E-state index is 12.3. The van der Waals surface area contributed by atoms with Crippen molar-refractivity contribution in [2.45, 2.75) is 25.3 Å². The number of halogens is 1. The summed E-state index contributed by atoms with van der Waals surface area (Å²) in [5.41, 5.74) is 0.442. The predicted octanol–water partition coefficient (Wildman–Crippen LogP) is 1.35. The van der Waals surface area contributed by atoms with Crippen LogP contribution in [0.25, 0.3) is 0 Å². The fourth-order valence-corrected chi connectivity index (χ4v) is 4.12. The molecule has 1 aliphatic heterocycles. The van der Waals surface area contributed by atoms with Crippen molar-refractivity contribution in [3.8, 4) is 0 Å². The van der Waals surface area contributed by atoms with Crippen molar-refractivity contribution in [2.24, 2.45) is 0 Å². The third-order valence-corrected chi connectivity index (χ3v) is 5.31. The van der Waals surface area contributed by atoms with E-state index in [1.807, 2.05) is 0 Å². The van der Waals surface area contributed by atoms with E-state index in [2.05, 4.69) is 25.6 Å². The van der Waals surface area contributed by atoms with Crippen LogP contribution in [0.1, 0.15) is 19.3 Å². The minimum absolute atomic E-state index is 0.154. The van der Waals surface area contributed by atoms with E-state index in [4.69, 9.17) is 0 Å². The maximum absolute atomic E-state index is 12.3. The average Bonchev–Trinajstić information content (AvgIpc) is 2.41. The lowest BCUT2D eigenvalue weighted by Crippen LogP contribution is -2.47. The summed E-state index contributed by atoms with van der Waals surface area (Å²) in [5, 5.41) is 9.29. The average molecular weight is 350 g/mol. The maximum Gasteiger partial charge on any atom is 0.302 e. The van der Waals surface area contributed by atoms with Crippen molar-refractivity contribution in [1.29, 1.82) is 0 Å². The first-order valence-electron chi connectivity index (χ1n) is 6.04. The number of rotatable bonds is 4. The van der Waals surface area contributed by atoms with E-state index in [-0.39, 0.29) is 12.6 Å². The highest BCUT2D eigenvalue weighted by atomic mass is 79.9. The van der Waals surface area contributed by atoms with Crippen LogP contribution in [0.4, 0.5) is 5.69 Å². The zero-order valence-corrected chi connectivity index (χ0v) is 12.7. The zero-order chi connectivity index (χ0) is 13.9. The number of aromatic nitrogens is 1. The number of piperidine rings is 1. The molecule has 0 bridgehead atoms. The Bertz CT molecular complexity index is 538. The quantitative estimate of drug-likeness (QED) is 0.859. The van der Waals surface area contributed by atoms with Crippen LogP contribution in [0.3, 0.4) is 0 Å². The molecule has 0 aromatic carbocycles. The van der Waals surface area contributed by atoms with E-state index >= 15 is 0 Å². The molecule has 106 valence electrons. The van der Waals surface area contributed by atoms with Crippen LogP contribution in [0.5, 0.6) is 0 Å². The summed E-state index contributed by atoms with van der Waals surface area (Å²) in [6.45, 7) is 0.279. The molecule has 1 fully saturated rings. The monoisotopic (exact) mass is 349 g/mol. The van der Waals surface area contributed by atoms with Crippen LogP contribution < -0.4 is 4.72 Å². The third-order valence-electron chi connectivity index (χ3n) is 3.10. The van der Waals surface area contributed by atoms with E-state index in [0.717, 1.165) is 12.8 Å². The topological polar surface area (TPSA) is 82.5 Å². The molecule has 19 heavy (non-hydrogen) atoms. The van der Waals surface area contributed by atoms with Crippen LogP contribution in [0.2, 0.25) is 0 Å². The summed E-state index contributed by atoms with van der Waals surface area (Å²) in [6, 6.07) is 1.24. The molecule has 1 saturated heterocycles. The van der Waals surface area contributed by atoms with Gasteiger partial charge >= 0.3 is 10.2 Å². The molecule has 8 heteroatoms. The van der Waals surface area contributed by atoms with E-state index < -0.39 is 10.2 Å². The number of pyridine rings is 1. The normalized spacial score (nSPS) is 21.3. The van der Waals surface area contributed by atoms with Crippen LogP contribution in [-0.2, 0) is 10.2 Å². The van der Waals surface area contributed by atoms with Gasteiger partial charge in [0.1, 0.15) is 0 Å². The molecule has 6 nitrogen and oxygen atoms in total. The Morgan fingerprint density at radius 3 is 3.00 bits per heavy atom. The number of aliphatic hydroxyl groups excluding tert-OH is 1. The van der Waals surface area contributed by atoms with Crippen LogP contribution >= 0.6 is 15.9 Å². The van der Waals surface area contributed by atoms with Gasteiger partial charge in [0.05, 0.1) is 16.8 Å². The molecule has 0 aliphatic carbocycles. The second-order valence-corrected chi connectivity index (χ2v) is 6.88. The highest BCUT2D eigenvalue weighted by Gasteiger charge is 2.32. The summed E-state index contributed by atoms with van der Waals surface area (Å²) < 4.78 is 29.1. The van der Waals surface area contributed by atoms with Gasteiger partial charge in [0, 0.05) is 25.0 Å². The molecule has 2 heterocycles. The molecular weight excluding hydrogens is 334 g/mol. The molecule has 0 saturated carbocycles. The fourth-order valence-electron chi connectivity index (χ4n) is 2.13. The molecule has 0 amide bonds. The molecule has 1 unspecified atom stereocenters. The second kappa shape index (κ2) is 6.17. The first kappa shape index (κ1) is 14.7. The molecule has 0 spiro atoms. The number of nitrogens with one attached hydrogen (secondary N) is 1. The minimum Gasteiger partial charge on any atom is -0.395 e.